The Bertz CT molecular complexity index is 842. The van der Waals surface area contributed by atoms with Gasteiger partial charge in [-0.15, -0.1) is 0 Å². The molecule has 0 bridgehead atoms. The number of benzene rings is 2. The van der Waals surface area contributed by atoms with E-state index < -0.39 is 23.8 Å². The molecule has 152 valence electrons. The number of rotatable bonds is 7. The predicted molar refractivity (Wildman–Crippen MR) is 101 cm³/mol. The van der Waals surface area contributed by atoms with Crippen molar-refractivity contribution in [1.29, 1.82) is 0 Å². The Morgan fingerprint density at radius 2 is 1.96 bits per heavy atom. The van der Waals surface area contributed by atoms with Crippen LogP contribution in [0.2, 0.25) is 0 Å². The lowest BCUT2D eigenvalue weighted by molar-refractivity contribution is -0.139. The molecule has 5 nitrogen and oxygen atoms in total. The van der Waals surface area contributed by atoms with Crippen LogP contribution in [0, 0.1) is 0 Å². The third-order valence-corrected chi connectivity index (χ3v) is 4.45. The van der Waals surface area contributed by atoms with Crippen LogP contribution < -0.4 is 14.8 Å². The molecule has 2 aromatic rings. The Hall–Kier alpha value is -2.26. The number of aliphatic hydroxyl groups excluding tert-OH is 1. The van der Waals surface area contributed by atoms with Gasteiger partial charge in [0, 0.05) is 12.1 Å². The Morgan fingerprint density at radius 1 is 1.29 bits per heavy atom. The summed E-state index contributed by atoms with van der Waals surface area (Å²) in [5, 5.41) is 12.6. The van der Waals surface area contributed by atoms with E-state index in [1.54, 1.807) is 6.92 Å². The summed E-state index contributed by atoms with van der Waals surface area (Å²) in [4.78, 5) is 12.4. The molecule has 0 radical (unpaired) electrons. The van der Waals surface area contributed by atoms with Crippen molar-refractivity contribution < 1.29 is 32.5 Å². The zero-order valence-electron chi connectivity index (χ0n) is 15.1. The first-order valence-electron chi connectivity index (χ1n) is 8.31. The van der Waals surface area contributed by atoms with Gasteiger partial charge in [-0.2, -0.15) is 13.2 Å². The fraction of sp³-hybridized carbons (Fsp3) is 0.316. The second kappa shape index (κ2) is 9.29. The summed E-state index contributed by atoms with van der Waals surface area (Å²) < 4.78 is 50.4. The zero-order chi connectivity index (χ0) is 20.9. The largest absolute Gasteiger partial charge is 0.493 e. The van der Waals surface area contributed by atoms with Gasteiger partial charge in [0.25, 0.3) is 5.91 Å². The van der Waals surface area contributed by atoms with Crippen molar-refractivity contribution in [3.05, 3.63) is 57.6 Å². The smallest absolute Gasteiger partial charge is 0.416 e. The molecule has 1 unspecified atom stereocenters. The second-order valence-corrected chi connectivity index (χ2v) is 6.59. The van der Waals surface area contributed by atoms with E-state index in [2.05, 4.69) is 21.2 Å². The van der Waals surface area contributed by atoms with Crippen molar-refractivity contribution in [3.8, 4) is 11.5 Å². The number of nitrogens with one attached hydrogen (secondary N) is 1. The van der Waals surface area contributed by atoms with Crippen LogP contribution in [0.15, 0.2) is 40.9 Å². The van der Waals surface area contributed by atoms with Crippen LogP contribution in [-0.2, 0) is 6.18 Å². The number of carbonyl (C=O) groups excluding carboxylic acids is 1. The highest BCUT2D eigenvalue weighted by Crippen LogP contribution is 2.37. The molecule has 9 heteroatoms. The van der Waals surface area contributed by atoms with Gasteiger partial charge >= 0.3 is 6.18 Å². The topological polar surface area (TPSA) is 67.8 Å². The van der Waals surface area contributed by atoms with Gasteiger partial charge in [-0.05, 0) is 46.6 Å². The highest BCUT2D eigenvalue weighted by molar-refractivity contribution is 9.10. The highest BCUT2D eigenvalue weighted by atomic mass is 79.9. The molecular weight excluding hydrogens is 443 g/mol. The van der Waals surface area contributed by atoms with E-state index in [-0.39, 0.29) is 17.7 Å². The number of ether oxygens (including phenoxy) is 2. The van der Waals surface area contributed by atoms with Crippen molar-refractivity contribution >= 4 is 21.8 Å². The van der Waals surface area contributed by atoms with Crippen LogP contribution in [0.1, 0.15) is 34.5 Å². The van der Waals surface area contributed by atoms with E-state index in [1.165, 1.54) is 37.4 Å². The monoisotopic (exact) mass is 461 g/mol. The van der Waals surface area contributed by atoms with E-state index in [9.17, 15) is 23.1 Å². The summed E-state index contributed by atoms with van der Waals surface area (Å²) >= 11 is 3.30. The summed E-state index contributed by atoms with van der Waals surface area (Å²) in [6, 6.07) is 7.64. The summed E-state index contributed by atoms with van der Waals surface area (Å²) in [6.07, 6.45) is -6.12. The molecular formula is C19H19BrF3NO4. The standard InChI is InChI=1S/C19H19BrF3NO4/c1-3-28-17-14(20)8-11(9-16(17)27-2)18(26)24-10-15(25)12-6-4-5-7-13(12)19(21,22)23/h4-9,15,25H,3,10H2,1-2H3,(H,24,26). The van der Waals surface area contributed by atoms with Gasteiger partial charge < -0.3 is 19.9 Å². The zero-order valence-corrected chi connectivity index (χ0v) is 16.7. The molecule has 2 rings (SSSR count). The van der Waals surface area contributed by atoms with Crippen LogP contribution in [0.4, 0.5) is 13.2 Å². The van der Waals surface area contributed by atoms with E-state index in [0.29, 0.717) is 22.6 Å². The Balaban J connectivity index is 2.16. The molecule has 1 atom stereocenters. The number of alkyl halides is 3. The van der Waals surface area contributed by atoms with Gasteiger partial charge in [0.1, 0.15) is 0 Å². The van der Waals surface area contributed by atoms with Gasteiger partial charge in [-0.3, -0.25) is 4.79 Å². The average molecular weight is 462 g/mol. The molecule has 0 heterocycles. The quantitative estimate of drug-likeness (QED) is 0.643. The van der Waals surface area contributed by atoms with E-state index in [0.717, 1.165) is 6.07 Å². The lowest BCUT2D eigenvalue weighted by Crippen LogP contribution is -2.29. The molecule has 28 heavy (non-hydrogen) atoms. The third kappa shape index (κ3) is 5.17. The fourth-order valence-electron chi connectivity index (χ4n) is 2.58. The molecule has 0 saturated heterocycles. The molecule has 0 fully saturated rings. The summed E-state index contributed by atoms with van der Waals surface area (Å²) in [5.74, 6) is 0.176. The van der Waals surface area contributed by atoms with Crippen molar-refractivity contribution in [3.63, 3.8) is 0 Å². The van der Waals surface area contributed by atoms with E-state index in [4.69, 9.17) is 9.47 Å². The van der Waals surface area contributed by atoms with Crippen LogP contribution in [-0.4, -0.2) is 31.3 Å². The number of hydrogen-bond acceptors (Lipinski definition) is 4. The summed E-state index contributed by atoms with van der Waals surface area (Å²) in [5.41, 5.74) is -1.05. The van der Waals surface area contributed by atoms with Crippen LogP contribution in [0.3, 0.4) is 0 Å². The minimum atomic E-state index is -4.60. The summed E-state index contributed by atoms with van der Waals surface area (Å²) in [6.45, 7) is 1.80. The first kappa shape index (κ1) is 22.0. The summed E-state index contributed by atoms with van der Waals surface area (Å²) in [7, 11) is 1.42. The van der Waals surface area contributed by atoms with Crippen LogP contribution in [0.25, 0.3) is 0 Å². The third-order valence-electron chi connectivity index (χ3n) is 3.86. The second-order valence-electron chi connectivity index (χ2n) is 5.73. The Morgan fingerprint density at radius 3 is 2.57 bits per heavy atom. The van der Waals surface area contributed by atoms with Gasteiger partial charge in [0.2, 0.25) is 0 Å². The predicted octanol–water partition coefficient (Wildman–Crippen LogP) is 4.34. The molecule has 2 aromatic carbocycles. The van der Waals surface area contributed by atoms with E-state index in [1.807, 2.05) is 0 Å². The van der Waals surface area contributed by atoms with Crippen LogP contribution in [0.5, 0.6) is 11.5 Å². The van der Waals surface area contributed by atoms with Crippen molar-refractivity contribution in [2.45, 2.75) is 19.2 Å². The van der Waals surface area contributed by atoms with Crippen molar-refractivity contribution in [1.82, 2.24) is 5.32 Å². The SMILES string of the molecule is CCOc1c(Br)cc(C(=O)NCC(O)c2ccccc2C(F)(F)F)cc1OC. The van der Waals surface area contributed by atoms with Gasteiger partial charge in [-0.25, -0.2) is 0 Å². The molecule has 0 aliphatic carbocycles. The van der Waals surface area contributed by atoms with Gasteiger partial charge in [0.15, 0.2) is 11.5 Å². The molecule has 0 aromatic heterocycles. The van der Waals surface area contributed by atoms with Crippen molar-refractivity contribution in [2.75, 3.05) is 20.3 Å². The van der Waals surface area contributed by atoms with Gasteiger partial charge in [-0.1, -0.05) is 18.2 Å². The normalized spacial score (nSPS) is 12.4. The lowest BCUT2D eigenvalue weighted by Gasteiger charge is -2.18. The average Bonchev–Trinajstić information content (AvgIpc) is 2.66. The minimum absolute atomic E-state index is 0.198. The lowest BCUT2D eigenvalue weighted by atomic mass is 10.0. The number of methoxy groups -OCH3 is 1. The maximum Gasteiger partial charge on any atom is 0.416 e. The molecule has 2 N–H and O–H groups in total. The number of halogens is 4. The number of amides is 1. The first-order chi connectivity index (χ1) is 13.2. The Labute approximate surface area is 168 Å². The van der Waals surface area contributed by atoms with Crippen molar-refractivity contribution in [2.24, 2.45) is 0 Å². The molecule has 0 spiro atoms. The Kier molecular flexibility index (Phi) is 7.31. The van der Waals surface area contributed by atoms with Gasteiger partial charge in [0.05, 0.1) is 29.9 Å². The molecule has 0 aliphatic rings. The molecule has 0 saturated carbocycles. The highest BCUT2D eigenvalue weighted by Gasteiger charge is 2.34. The molecule has 0 aliphatic heterocycles. The fourth-order valence-corrected chi connectivity index (χ4v) is 3.14. The number of aliphatic hydroxyl groups is 1. The van der Waals surface area contributed by atoms with E-state index >= 15 is 0 Å². The number of carbonyl (C=O) groups is 1. The number of hydrogen-bond donors (Lipinski definition) is 2. The first-order valence-corrected chi connectivity index (χ1v) is 9.11. The maximum atomic E-state index is 13.1. The molecule has 1 amide bonds. The van der Waals surface area contributed by atoms with Crippen LogP contribution >= 0.6 is 15.9 Å². The maximum absolute atomic E-state index is 13.1. The minimum Gasteiger partial charge on any atom is -0.493 e.